The number of esters is 1. The molecule has 0 bridgehead atoms. The van der Waals surface area contributed by atoms with E-state index in [4.69, 9.17) is 10.5 Å². The van der Waals surface area contributed by atoms with E-state index in [0.29, 0.717) is 6.42 Å². The first-order chi connectivity index (χ1) is 20.2. The van der Waals surface area contributed by atoms with Crippen LogP contribution in [0.2, 0.25) is 0 Å². The van der Waals surface area contributed by atoms with E-state index in [0.717, 1.165) is 38.6 Å². The van der Waals surface area contributed by atoms with Crippen molar-refractivity contribution in [2.45, 2.75) is 207 Å². The fourth-order valence-corrected chi connectivity index (χ4v) is 5.88. The van der Waals surface area contributed by atoms with Gasteiger partial charge in [0, 0.05) is 6.42 Å². The molecule has 0 aliphatic carbocycles. The minimum Gasteiger partial charge on any atom is -0.462 e. The first kappa shape index (κ1) is 40.4. The first-order valence-electron chi connectivity index (χ1n) is 18.8. The zero-order chi connectivity index (χ0) is 30.1. The molecular weight excluding hydrogens is 504 g/mol. The van der Waals surface area contributed by atoms with Gasteiger partial charge in [0.15, 0.2) is 0 Å². The van der Waals surface area contributed by atoms with E-state index in [-0.39, 0.29) is 12.1 Å². The van der Waals surface area contributed by atoms with Gasteiger partial charge in [-0.25, -0.2) is 0 Å². The number of unbranched alkanes of at least 4 members (excludes halogenated alkanes) is 20. The molecule has 0 aromatic rings. The number of carbonyl (C=O) groups is 1. The van der Waals surface area contributed by atoms with Crippen LogP contribution in [0.4, 0.5) is 0 Å². The van der Waals surface area contributed by atoms with Crippen molar-refractivity contribution in [3.05, 3.63) is 0 Å². The zero-order valence-corrected chi connectivity index (χ0v) is 28.5. The summed E-state index contributed by atoms with van der Waals surface area (Å²) in [4.78, 5) is 15.3. The second-order valence-electron chi connectivity index (χ2n) is 12.8. The summed E-state index contributed by atoms with van der Waals surface area (Å²) >= 11 is 0. The van der Waals surface area contributed by atoms with Crippen molar-refractivity contribution in [3.8, 4) is 0 Å². The number of carbonyl (C=O) groups excluding carboxylic acids is 1. The maximum Gasteiger partial charge on any atom is 0.306 e. The van der Waals surface area contributed by atoms with Crippen LogP contribution >= 0.6 is 0 Å². The standard InChI is InChI=1S/C37H76N2O2/c1-4-7-10-13-17-22-29-36(30-23-18-14-11-8-5-2)41-37(40)31-24-19-16-21-27-34-39(35-28-25-32-38)33-26-20-15-12-9-6-3/h36H,4-35,38H2,1-3H3. The lowest BCUT2D eigenvalue weighted by Crippen LogP contribution is -2.27. The van der Waals surface area contributed by atoms with Crippen LogP contribution in [0, 0.1) is 0 Å². The molecule has 0 aliphatic rings. The topological polar surface area (TPSA) is 55.6 Å². The summed E-state index contributed by atoms with van der Waals surface area (Å²) in [5.74, 6) is 0.0528. The van der Waals surface area contributed by atoms with Crippen LogP contribution in [0.5, 0.6) is 0 Å². The van der Waals surface area contributed by atoms with Gasteiger partial charge in [-0.15, -0.1) is 0 Å². The van der Waals surface area contributed by atoms with E-state index in [9.17, 15) is 4.79 Å². The lowest BCUT2D eigenvalue weighted by Gasteiger charge is -2.22. The van der Waals surface area contributed by atoms with Crippen molar-refractivity contribution in [2.75, 3.05) is 26.2 Å². The second-order valence-corrected chi connectivity index (χ2v) is 12.8. The third-order valence-corrected chi connectivity index (χ3v) is 8.67. The Morgan fingerprint density at radius 2 is 0.878 bits per heavy atom. The van der Waals surface area contributed by atoms with E-state index in [2.05, 4.69) is 25.7 Å². The van der Waals surface area contributed by atoms with Gasteiger partial charge < -0.3 is 15.4 Å². The molecule has 0 radical (unpaired) electrons. The predicted octanol–water partition coefficient (Wildman–Crippen LogP) is 11.1. The molecular formula is C37H76N2O2. The highest BCUT2D eigenvalue weighted by Gasteiger charge is 2.14. The molecule has 2 N–H and O–H groups in total. The molecule has 0 aliphatic heterocycles. The number of hydrogen-bond acceptors (Lipinski definition) is 4. The normalized spacial score (nSPS) is 11.7. The Morgan fingerprint density at radius 1 is 0.512 bits per heavy atom. The SMILES string of the molecule is CCCCCCCCC(CCCCCCCC)OC(=O)CCCCCCCN(CCCCN)CCCCCCCC. The van der Waals surface area contributed by atoms with E-state index >= 15 is 0 Å². The Hall–Kier alpha value is -0.610. The molecule has 4 nitrogen and oxygen atoms in total. The third-order valence-electron chi connectivity index (χ3n) is 8.67. The molecule has 41 heavy (non-hydrogen) atoms. The number of nitrogens with zero attached hydrogens (tertiary/aromatic N) is 1. The van der Waals surface area contributed by atoms with Gasteiger partial charge in [-0.3, -0.25) is 4.79 Å². The first-order valence-corrected chi connectivity index (χ1v) is 18.8. The summed E-state index contributed by atoms with van der Waals surface area (Å²) in [6.45, 7) is 11.3. The van der Waals surface area contributed by atoms with E-state index in [1.807, 2.05) is 0 Å². The maximum atomic E-state index is 12.7. The van der Waals surface area contributed by atoms with Gasteiger partial charge in [-0.2, -0.15) is 0 Å². The van der Waals surface area contributed by atoms with Gasteiger partial charge in [0.1, 0.15) is 6.10 Å². The highest BCUT2D eigenvalue weighted by molar-refractivity contribution is 5.69. The quantitative estimate of drug-likeness (QED) is 0.0607. The van der Waals surface area contributed by atoms with Crippen LogP contribution in [0.3, 0.4) is 0 Å². The van der Waals surface area contributed by atoms with Gasteiger partial charge in [-0.05, 0) is 84.0 Å². The summed E-state index contributed by atoms with van der Waals surface area (Å²) in [5, 5.41) is 0. The van der Waals surface area contributed by atoms with Gasteiger partial charge >= 0.3 is 5.97 Å². The van der Waals surface area contributed by atoms with Gasteiger partial charge in [0.25, 0.3) is 0 Å². The average molecular weight is 581 g/mol. The molecule has 0 saturated carbocycles. The molecule has 0 atom stereocenters. The Morgan fingerprint density at radius 3 is 1.32 bits per heavy atom. The monoisotopic (exact) mass is 581 g/mol. The van der Waals surface area contributed by atoms with Crippen molar-refractivity contribution in [2.24, 2.45) is 5.73 Å². The number of rotatable bonds is 34. The molecule has 0 aromatic carbocycles. The van der Waals surface area contributed by atoms with Crippen LogP contribution in [0.25, 0.3) is 0 Å². The molecule has 0 amide bonds. The largest absolute Gasteiger partial charge is 0.462 e. The van der Waals surface area contributed by atoms with Crippen molar-refractivity contribution in [1.29, 1.82) is 0 Å². The Labute approximate surface area is 258 Å². The molecule has 0 aromatic heterocycles. The van der Waals surface area contributed by atoms with E-state index in [1.54, 1.807) is 0 Å². The summed E-state index contributed by atoms with van der Waals surface area (Å²) in [6.07, 6.45) is 35.0. The smallest absolute Gasteiger partial charge is 0.306 e. The molecule has 0 saturated heterocycles. The van der Waals surface area contributed by atoms with Crippen molar-refractivity contribution < 1.29 is 9.53 Å². The van der Waals surface area contributed by atoms with Crippen LogP contribution in [0.1, 0.15) is 201 Å². The summed E-state index contributed by atoms with van der Waals surface area (Å²) in [7, 11) is 0. The lowest BCUT2D eigenvalue weighted by atomic mass is 10.0. The Bertz CT molecular complexity index is 497. The van der Waals surface area contributed by atoms with Crippen molar-refractivity contribution in [3.63, 3.8) is 0 Å². The maximum absolute atomic E-state index is 12.7. The summed E-state index contributed by atoms with van der Waals surface area (Å²) in [6, 6.07) is 0. The highest BCUT2D eigenvalue weighted by Crippen LogP contribution is 2.18. The van der Waals surface area contributed by atoms with Gasteiger partial charge in [0.2, 0.25) is 0 Å². The van der Waals surface area contributed by atoms with Crippen LogP contribution in [-0.4, -0.2) is 43.2 Å². The molecule has 0 rings (SSSR count). The van der Waals surface area contributed by atoms with Crippen molar-refractivity contribution >= 4 is 5.97 Å². The van der Waals surface area contributed by atoms with Gasteiger partial charge in [-0.1, -0.05) is 136 Å². The number of hydrogen-bond donors (Lipinski definition) is 1. The number of nitrogens with two attached hydrogens (primary N) is 1. The summed E-state index contributed by atoms with van der Waals surface area (Å²) in [5.41, 5.74) is 5.73. The van der Waals surface area contributed by atoms with E-state index < -0.39 is 0 Å². The predicted molar refractivity (Wildman–Crippen MR) is 182 cm³/mol. The summed E-state index contributed by atoms with van der Waals surface area (Å²) < 4.78 is 6.03. The molecule has 0 fully saturated rings. The van der Waals surface area contributed by atoms with Crippen molar-refractivity contribution in [1.82, 2.24) is 4.90 Å². The lowest BCUT2D eigenvalue weighted by molar-refractivity contribution is -0.150. The number of ether oxygens (including phenoxy) is 1. The zero-order valence-electron chi connectivity index (χ0n) is 28.5. The van der Waals surface area contributed by atoms with E-state index in [1.165, 1.54) is 161 Å². The molecule has 0 spiro atoms. The minimum atomic E-state index is 0.0528. The molecule has 0 heterocycles. The van der Waals surface area contributed by atoms with Crippen LogP contribution in [0.15, 0.2) is 0 Å². The minimum absolute atomic E-state index is 0.0528. The third kappa shape index (κ3) is 30.6. The molecule has 246 valence electrons. The fourth-order valence-electron chi connectivity index (χ4n) is 5.88. The second kappa shape index (κ2) is 33.9. The average Bonchev–Trinajstić information content (AvgIpc) is 2.97. The fraction of sp³-hybridized carbons (Fsp3) is 0.973. The van der Waals surface area contributed by atoms with Crippen LogP contribution in [-0.2, 0) is 9.53 Å². The Balaban J connectivity index is 4.14. The Kier molecular flexibility index (Phi) is 33.4. The molecule has 4 heteroatoms. The molecule has 0 unspecified atom stereocenters. The van der Waals surface area contributed by atoms with Gasteiger partial charge in [0.05, 0.1) is 0 Å². The van der Waals surface area contributed by atoms with Crippen LogP contribution < -0.4 is 5.73 Å². The highest BCUT2D eigenvalue weighted by atomic mass is 16.5.